The van der Waals surface area contributed by atoms with Crippen molar-refractivity contribution in [1.29, 1.82) is 0 Å². The molecule has 35 heavy (non-hydrogen) atoms. The Morgan fingerprint density at radius 1 is 0.886 bits per heavy atom. The number of ether oxygens (including phenoxy) is 1. The van der Waals surface area contributed by atoms with Gasteiger partial charge in [0, 0.05) is 28.9 Å². The van der Waals surface area contributed by atoms with Gasteiger partial charge in [-0.3, -0.25) is 9.59 Å². The van der Waals surface area contributed by atoms with Crippen molar-refractivity contribution in [2.45, 2.75) is 13.5 Å². The molecule has 0 radical (unpaired) electrons. The first kappa shape index (κ1) is 22.2. The molecular formula is C29H25N3O3. The molecule has 0 aliphatic carbocycles. The number of anilines is 1. The second-order valence-electron chi connectivity index (χ2n) is 8.45. The number of para-hydroxylation sites is 1. The lowest BCUT2D eigenvalue weighted by molar-refractivity contribution is -0.114. The van der Waals surface area contributed by atoms with Gasteiger partial charge in [0.1, 0.15) is 5.75 Å². The number of benzene rings is 4. The van der Waals surface area contributed by atoms with Crippen molar-refractivity contribution in [2.75, 3.05) is 12.4 Å². The molecule has 0 aliphatic heterocycles. The molecule has 1 heterocycles. The van der Waals surface area contributed by atoms with Crippen molar-refractivity contribution in [3.8, 4) is 16.9 Å². The molecule has 0 unspecified atom stereocenters. The first-order valence-electron chi connectivity index (χ1n) is 11.3. The Morgan fingerprint density at radius 2 is 1.63 bits per heavy atom. The lowest BCUT2D eigenvalue weighted by Crippen LogP contribution is -2.11. The van der Waals surface area contributed by atoms with Crippen LogP contribution in [0, 0.1) is 0 Å². The van der Waals surface area contributed by atoms with Crippen LogP contribution in [0.25, 0.3) is 32.9 Å². The smallest absolute Gasteiger partial charge is 0.249 e. The summed E-state index contributed by atoms with van der Waals surface area (Å²) in [5.41, 5.74) is 11.9. The number of carbonyl (C=O) groups excluding carboxylic acids is 2. The SMILES string of the molecule is COc1ccc(-c2ccc3c4c(C(N)=O)cccc4n(Cc4ccccc4NC(C)=O)c3c2)cc1. The zero-order valence-corrected chi connectivity index (χ0v) is 19.5. The standard InChI is InChI=1S/C29H25N3O3/c1-18(33)31-25-8-4-3-6-21(25)17-32-26-9-5-7-24(29(30)34)28(26)23-15-12-20(16-27(23)32)19-10-13-22(35-2)14-11-19/h3-16H,17H2,1-2H3,(H2,30,34)(H,31,33). The minimum Gasteiger partial charge on any atom is -0.497 e. The van der Waals surface area contributed by atoms with Gasteiger partial charge in [-0.25, -0.2) is 0 Å². The summed E-state index contributed by atoms with van der Waals surface area (Å²) in [6, 6.07) is 27.5. The fourth-order valence-corrected chi connectivity index (χ4v) is 4.62. The van der Waals surface area contributed by atoms with E-state index in [0.717, 1.165) is 49.9 Å². The van der Waals surface area contributed by atoms with Crippen molar-refractivity contribution < 1.29 is 14.3 Å². The quantitative estimate of drug-likeness (QED) is 0.345. The monoisotopic (exact) mass is 463 g/mol. The Labute approximate surface area is 202 Å². The summed E-state index contributed by atoms with van der Waals surface area (Å²) in [7, 11) is 1.65. The number of aromatic nitrogens is 1. The molecule has 2 amide bonds. The van der Waals surface area contributed by atoms with Crippen molar-refractivity contribution in [1.82, 2.24) is 4.57 Å². The summed E-state index contributed by atoms with van der Waals surface area (Å²) in [5.74, 6) is 0.203. The Morgan fingerprint density at radius 3 is 2.34 bits per heavy atom. The van der Waals surface area contributed by atoms with E-state index in [1.807, 2.05) is 66.7 Å². The maximum atomic E-state index is 12.3. The Balaban J connectivity index is 1.75. The van der Waals surface area contributed by atoms with Crippen LogP contribution in [0.2, 0.25) is 0 Å². The summed E-state index contributed by atoms with van der Waals surface area (Å²) >= 11 is 0. The fraction of sp³-hybridized carbons (Fsp3) is 0.103. The van der Waals surface area contributed by atoms with E-state index in [4.69, 9.17) is 10.5 Å². The second kappa shape index (κ2) is 8.99. The Hall–Kier alpha value is -4.58. The van der Waals surface area contributed by atoms with E-state index in [9.17, 15) is 9.59 Å². The van der Waals surface area contributed by atoms with E-state index >= 15 is 0 Å². The van der Waals surface area contributed by atoms with Gasteiger partial charge in [0.15, 0.2) is 0 Å². The second-order valence-corrected chi connectivity index (χ2v) is 8.45. The zero-order chi connectivity index (χ0) is 24.5. The normalized spacial score (nSPS) is 11.0. The van der Waals surface area contributed by atoms with Crippen molar-refractivity contribution >= 4 is 39.3 Å². The highest BCUT2D eigenvalue weighted by atomic mass is 16.5. The van der Waals surface area contributed by atoms with Gasteiger partial charge < -0.3 is 20.4 Å². The molecule has 174 valence electrons. The highest BCUT2D eigenvalue weighted by molar-refractivity contribution is 6.18. The lowest BCUT2D eigenvalue weighted by atomic mass is 10.0. The number of rotatable bonds is 6. The van der Waals surface area contributed by atoms with Crippen LogP contribution in [0.5, 0.6) is 5.75 Å². The third-order valence-electron chi connectivity index (χ3n) is 6.24. The molecule has 1 aromatic heterocycles. The van der Waals surface area contributed by atoms with Crippen molar-refractivity contribution in [3.05, 3.63) is 96.1 Å². The molecule has 5 rings (SSSR count). The average molecular weight is 464 g/mol. The zero-order valence-electron chi connectivity index (χ0n) is 19.5. The number of fused-ring (bicyclic) bond motifs is 3. The number of amides is 2. The first-order chi connectivity index (χ1) is 17.0. The van der Waals surface area contributed by atoms with Crippen LogP contribution in [0.1, 0.15) is 22.8 Å². The summed E-state index contributed by atoms with van der Waals surface area (Å²) in [4.78, 5) is 24.1. The van der Waals surface area contributed by atoms with Gasteiger partial charge >= 0.3 is 0 Å². The molecule has 0 aliphatic rings. The van der Waals surface area contributed by atoms with E-state index in [0.29, 0.717) is 12.1 Å². The molecule has 0 fully saturated rings. The molecule has 0 saturated carbocycles. The van der Waals surface area contributed by atoms with Gasteiger partial charge in [-0.15, -0.1) is 0 Å². The lowest BCUT2D eigenvalue weighted by Gasteiger charge is -2.13. The molecule has 5 aromatic rings. The number of nitrogens with zero attached hydrogens (tertiary/aromatic N) is 1. The molecule has 0 saturated heterocycles. The molecule has 4 aromatic carbocycles. The van der Waals surface area contributed by atoms with Gasteiger partial charge in [0.2, 0.25) is 11.8 Å². The van der Waals surface area contributed by atoms with Crippen LogP contribution in [0.4, 0.5) is 5.69 Å². The molecule has 0 atom stereocenters. The van der Waals surface area contributed by atoms with Gasteiger partial charge in [-0.05, 0) is 53.1 Å². The summed E-state index contributed by atoms with van der Waals surface area (Å²) < 4.78 is 7.47. The van der Waals surface area contributed by atoms with Gasteiger partial charge in [0.25, 0.3) is 0 Å². The van der Waals surface area contributed by atoms with E-state index in [-0.39, 0.29) is 5.91 Å². The van der Waals surface area contributed by atoms with E-state index < -0.39 is 5.91 Å². The van der Waals surface area contributed by atoms with Gasteiger partial charge in [0.05, 0.1) is 24.7 Å². The highest BCUT2D eigenvalue weighted by Crippen LogP contribution is 2.36. The maximum Gasteiger partial charge on any atom is 0.249 e. The average Bonchev–Trinajstić information content (AvgIpc) is 3.17. The number of methoxy groups -OCH3 is 1. The van der Waals surface area contributed by atoms with Crippen molar-refractivity contribution in [3.63, 3.8) is 0 Å². The summed E-state index contributed by atoms with van der Waals surface area (Å²) in [6.07, 6.45) is 0. The van der Waals surface area contributed by atoms with E-state index in [1.165, 1.54) is 6.92 Å². The minimum absolute atomic E-state index is 0.127. The van der Waals surface area contributed by atoms with Gasteiger partial charge in [-0.2, -0.15) is 0 Å². The topological polar surface area (TPSA) is 86.3 Å². The van der Waals surface area contributed by atoms with Gasteiger partial charge in [-0.1, -0.05) is 48.5 Å². The number of carbonyl (C=O) groups is 2. The van der Waals surface area contributed by atoms with Crippen LogP contribution in [-0.2, 0) is 11.3 Å². The van der Waals surface area contributed by atoms with Crippen molar-refractivity contribution in [2.24, 2.45) is 5.73 Å². The number of nitrogens with two attached hydrogens (primary N) is 1. The molecule has 6 nitrogen and oxygen atoms in total. The Kier molecular flexibility index (Phi) is 5.71. The molecule has 0 bridgehead atoms. The van der Waals surface area contributed by atoms with E-state index in [2.05, 4.69) is 22.0 Å². The summed E-state index contributed by atoms with van der Waals surface area (Å²) in [5, 5.41) is 4.70. The number of hydrogen-bond acceptors (Lipinski definition) is 3. The molecule has 3 N–H and O–H groups in total. The third-order valence-corrected chi connectivity index (χ3v) is 6.24. The van der Waals surface area contributed by atoms with Crippen LogP contribution < -0.4 is 15.8 Å². The summed E-state index contributed by atoms with van der Waals surface area (Å²) in [6.45, 7) is 2.00. The number of nitrogens with one attached hydrogen (secondary N) is 1. The van der Waals surface area contributed by atoms with E-state index in [1.54, 1.807) is 13.2 Å². The maximum absolute atomic E-state index is 12.3. The Bertz CT molecular complexity index is 1580. The van der Waals surface area contributed by atoms with Crippen LogP contribution >= 0.6 is 0 Å². The first-order valence-corrected chi connectivity index (χ1v) is 11.3. The molecule has 0 spiro atoms. The third kappa shape index (κ3) is 4.10. The molecular weight excluding hydrogens is 438 g/mol. The van der Waals surface area contributed by atoms with Crippen LogP contribution in [-0.4, -0.2) is 23.5 Å². The van der Waals surface area contributed by atoms with Crippen LogP contribution in [0.15, 0.2) is 84.9 Å². The minimum atomic E-state index is -0.465. The molecule has 6 heteroatoms. The fourth-order valence-electron chi connectivity index (χ4n) is 4.62. The van der Waals surface area contributed by atoms with Crippen LogP contribution in [0.3, 0.4) is 0 Å². The number of primary amides is 1. The number of hydrogen-bond donors (Lipinski definition) is 2. The predicted molar refractivity (Wildman–Crippen MR) is 140 cm³/mol. The predicted octanol–water partition coefficient (Wildman–Crippen LogP) is 5.58. The largest absolute Gasteiger partial charge is 0.497 e. The highest BCUT2D eigenvalue weighted by Gasteiger charge is 2.18.